The first-order chi connectivity index (χ1) is 6.79. The van der Waals surface area contributed by atoms with Crippen LogP contribution in [0.1, 0.15) is 25.7 Å². The summed E-state index contributed by atoms with van der Waals surface area (Å²) in [5.41, 5.74) is 0. The highest BCUT2D eigenvalue weighted by Gasteiger charge is 2.26. The van der Waals surface area contributed by atoms with Crippen LogP contribution >= 0.6 is 0 Å². The van der Waals surface area contributed by atoms with E-state index in [1.807, 2.05) is 0 Å². The summed E-state index contributed by atoms with van der Waals surface area (Å²) < 4.78 is 0. The summed E-state index contributed by atoms with van der Waals surface area (Å²) in [4.78, 5) is 13.4. The minimum absolute atomic E-state index is 0.0293. The van der Waals surface area contributed by atoms with E-state index < -0.39 is 0 Å². The standard InChI is InChI=1S/C10H19NO3/c12-7-5-11(6-8-13)10(14)9-3-1-2-4-9/h9,12-13H,1-8H2. The molecule has 0 aliphatic heterocycles. The summed E-state index contributed by atoms with van der Waals surface area (Å²) in [6, 6.07) is 0. The Kier molecular flexibility index (Phi) is 4.90. The van der Waals surface area contributed by atoms with Crippen molar-refractivity contribution in [3.8, 4) is 0 Å². The Balaban J connectivity index is 2.43. The fraction of sp³-hybridized carbons (Fsp3) is 0.900. The van der Waals surface area contributed by atoms with Gasteiger partial charge in [-0.15, -0.1) is 0 Å². The zero-order valence-corrected chi connectivity index (χ0v) is 8.48. The predicted molar refractivity (Wildman–Crippen MR) is 52.7 cm³/mol. The molecule has 0 aromatic carbocycles. The van der Waals surface area contributed by atoms with Gasteiger partial charge < -0.3 is 15.1 Å². The monoisotopic (exact) mass is 201 g/mol. The van der Waals surface area contributed by atoms with Crippen LogP contribution in [0.15, 0.2) is 0 Å². The van der Waals surface area contributed by atoms with Gasteiger partial charge in [-0.05, 0) is 12.8 Å². The highest BCUT2D eigenvalue weighted by atomic mass is 16.3. The van der Waals surface area contributed by atoms with Gasteiger partial charge in [0.15, 0.2) is 0 Å². The van der Waals surface area contributed by atoms with Crippen LogP contribution in [0.4, 0.5) is 0 Å². The highest BCUT2D eigenvalue weighted by Crippen LogP contribution is 2.26. The molecule has 0 aromatic heterocycles. The van der Waals surface area contributed by atoms with Crippen molar-refractivity contribution >= 4 is 5.91 Å². The number of aliphatic hydroxyl groups excluding tert-OH is 2. The second-order valence-electron chi connectivity index (χ2n) is 3.75. The van der Waals surface area contributed by atoms with E-state index in [4.69, 9.17) is 10.2 Å². The number of hydrogen-bond donors (Lipinski definition) is 2. The van der Waals surface area contributed by atoms with Crippen molar-refractivity contribution in [2.75, 3.05) is 26.3 Å². The van der Waals surface area contributed by atoms with E-state index in [1.54, 1.807) is 4.90 Å². The minimum atomic E-state index is -0.0293. The molecule has 0 unspecified atom stereocenters. The lowest BCUT2D eigenvalue weighted by Gasteiger charge is -2.23. The average molecular weight is 201 g/mol. The Bertz CT molecular complexity index is 172. The molecule has 0 heterocycles. The van der Waals surface area contributed by atoms with Gasteiger partial charge in [0.1, 0.15) is 0 Å². The summed E-state index contributed by atoms with van der Waals surface area (Å²) in [5.74, 6) is 0.235. The summed E-state index contributed by atoms with van der Waals surface area (Å²) in [7, 11) is 0. The summed E-state index contributed by atoms with van der Waals surface area (Å²) in [6.07, 6.45) is 4.18. The summed E-state index contributed by atoms with van der Waals surface area (Å²) >= 11 is 0. The molecule has 2 N–H and O–H groups in total. The Labute approximate surface area is 84.5 Å². The molecule has 0 radical (unpaired) electrons. The van der Waals surface area contributed by atoms with E-state index in [2.05, 4.69) is 0 Å². The van der Waals surface area contributed by atoms with Gasteiger partial charge in [0.25, 0.3) is 0 Å². The number of nitrogens with zero attached hydrogens (tertiary/aromatic N) is 1. The molecule has 4 nitrogen and oxygen atoms in total. The zero-order valence-electron chi connectivity index (χ0n) is 8.48. The maximum Gasteiger partial charge on any atom is 0.225 e. The summed E-state index contributed by atoms with van der Waals surface area (Å²) in [5, 5.41) is 17.6. The molecule has 1 rings (SSSR count). The van der Waals surface area contributed by atoms with Crippen LogP contribution in [0.5, 0.6) is 0 Å². The number of hydrogen-bond acceptors (Lipinski definition) is 3. The second-order valence-corrected chi connectivity index (χ2v) is 3.75. The largest absolute Gasteiger partial charge is 0.395 e. The van der Waals surface area contributed by atoms with Gasteiger partial charge >= 0.3 is 0 Å². The molecule has 1 saturated carbocycles. The van der Waals surface area contributed by atoms with Crippen molar-refractivity contribution in [3.05, 3.63) is 0 Å². The lowest BCUT2D eigenvalue weighted by molar-refractivity contribution is -0.136. The fourth-order valence-electron chi connectivity index (χ4n) is 2.00. The second kappa shape index (κ2) is 5.98. The third kappa shape index (κ3) is 2.96. The molecule has 14 heavy (non-hydrogen) atoms. The number of carbonyl (C=O) groups excluding carboxylic acids is 1. The van der Waals surface area contributed by atoms with Crippen LogP contribution in [-0.2, 0) is 4.79 Å². The molecule has 1 aliphatic rings. The lowest BCUT2D eigenvalue weighted by atomic mass is 10.1. The van der Waals surface area contributed by atoms with Crippen LogP contribution < -0.4 is 0 Å². The molecule has 82 valence electrons. The van der Waals surface area contributed by atoms with Crippen molar-refractivity contribution in [1.82, 2.24) is 4.90 Å². The molecule has 0 aromatic rings. The molecule has 0 spiro atoms. The molecule has 1 amide bonds. The van der Waals surface area contributed by atoms with Gasteiger partial charge in [0.05, 0.1) is 13.2 Å². The molecule has 1 fully saturated rings. The predicted octanol–water partition coefficient (Wildman–Crippen LogP) is -0.0102. The van der Waals surface area contributed by atoms with Crippen LogP contribution in [0.25, 0.3) is 0 Å². The van der Waals surface area contributed by atoms with Gasteiger partial charge in [-0.2, -0.15) is 0 Å². The van der Waals surface area contributed by atoms with E-state index in [0.717, 1.165) is 25.7 Å². The molecular weight excluding hydrogens is 182 g/mol. The number of amides is 1. The van der Waals surface area contributed by atoms with E-state index >= 15 is 0 Å². The smallest absolute Gasteiger partial charge is 0.225 e. The molecule has 0 saturated heterocycles. The molecule has 1 aliphatic carbocycles. The van der Waals surface area contributed by atoms with Gasteiger partial charge in [0.2, 0.25) is 5.91 Å². The lowest BCUT2D eigenvalue weighted by Crippen LogP contribution is -2.39. The SMILES string of the molecule is O=C(C1CCCC1)N(CCO)CCO. The van der Waals surface area contributed by atoms with E-state index in [1.165, 1.54) is 0 Å². The number of carbonyl (C=O) groups is 1. The molecule has 0 atom stereocenters. The summed E-state index contributed by atoms with van der Waals surface area (Å²) in [6.45, 7) is 0.628. The minimum Gasteiger partial charge on any atom is -0.395 e. The van der Waals surface area contributed by atoms with Crippen LogP contribution in [0.2, 0.25) is 0 Å². The van der Waals surface area contributed by atoms with Crippen molar-refractivity contribution in [2.45, 2.75) is 25.7 Å². The first-order valence-corrected chi connectivity index (χ1v) is 5.30. The van der Waals surface area contributed by atoms with Gasteiger partial charge in [-0.25, -0.2) is 0 Å². The van der Waals surface area contributed by atoms with Crippen molar-refractivity contribution < 1.29 is 15.0 Å². The maximum absolute atomic E-state index is 11.8. The van der Waals surface area contributed by atoms with Gasteiger partial charge in [0, 0.05) is 19.0 Å². The van der Waals surface area contributed by atoms with Crippen LogP contribution in [-0.4, -0.2) is 47.3 Å². The van der Waals surface area contributed by atoms with Gasteiger partial charge in [-0.1, -0.05) is 12.8 Å². The van der Waals surface area contributed by atoms with Crippen molar-refractivity contribution in [2.24, 2.45) is 5.92 Å². The van der Waals surface area contributed by atoms with E-state index in [9.17, 15) is 4.79 Å². The van der Waals surface area contributed by atoms with Crippen LogP contribution in [0, 0.1) is 5.92 Å². The topological polar surface area (TPSA) is 60.8 Å². The Morgan fingerprint density at radius 1 is 1.14 bits per heavy atom. The van der Waals surface area contributed by atoms with E-state index in [-0.39, 0.29) is 25.0 Å². The Hall–Kier alpha value is -0.610. The van der Waals surface area contributed by atoms with Crippen molar-refractivity contribution in [1.29, 1.82) is 0 Å². The number of rotatable bonds is 5. The molecule has 4 heteroatoms. The number of aliphatic hydroxyl groups is 2. The third-order valence-corrected chi connectivity index (χ3v) is 2.76. The Morgan fingerprint density at radius 2 is 1.64 bits per heavy atom. The zero-order chi connectivity index (χ0) is 10.4. The first kappa shape index (κ1) is 11.5. The third-order valence-electron chi connectivity index (χ3n) is 2.76. The maximum atomic E-state index is 11.8. The normalized spacial score (nSPS) is 17.3. The Morgan fingerprint density at radius 3 is 2.07 bits per heavy atom. The van der Waals surface area contributed by atoms with Crippen molar-refractivity contribution in [3.63, 3.8) is 0 Å². The highest BCUT2D eigenvalue weighted by molar-refractivity contribution is 5.79. The van der Waals surface area contributed by atoms with E-state index in [0.29, 0.717) is 13.1 Å². The van der Waals surface area contributed by atoms with Gasteiger partial charge in [-0.3, -0.25) is 4.79 Å². The fourth-order valence-corrected chi connectivity index (χ4v) is 2.00. The molecular formula is C10H19NO3. The quantitative estimate of drug-likeness (QED) is 0.657. The molecule has 0 bridgehead atoms. The average Bonchev–Trinajstić information content (AvgIpc) is 2.69. The first-order valence-electron chi connectivity index (χ1n) is 5.30. The van der Waals surface area contributed by atoms with Crippen LogP contribution in [0.3, 0.4) is 0 Å².